The van der Waals surface area contributed by atoms with Gasteiger partial charge in [0.1, 0.15) is 0 Å². The number of nitrogens with one attached hydrogen (secondary N) is 1. The minimum atomic E-state index is -0.937. The number of hydrogen-bond acceptors (Lipinski definition) is 3. The van der Waals surface area contributed by atoms with Gasteiger partial charge in [-0.2, -0.15) is 0 Å². The predicted octanol–water partition coefficient (Wildman–Crippen LogP) is 2.08. The van der Waals surface area contributed by atoms with Crippen LogP contribution in [0.25, 0.3) is 0 Å². The normalized spacial score (nSPS) is 10.1. The summed E-state index contributed by atoms with van der Waals surface area (Å²) in [7, 11) is 0. The van der Waals surface area contributed by atoms with Gasteiger partial charge in [0, 0.05) is 11.4 Å². The van der Waals surface area contributed by atoms with E-state index in [-0.39, 0.29) is 18.7 Å². The van der Waals surface area contributed by atoms with E-state index in [0.717, 1.165) is 5.56 Å². The number of hydrogen-bond donors (Lipinski definition) is 3. The van der Waals surface area contributed by atoms with Gasteiger partial charge in [0.2, 0.25) is 5.91 Å². The largest absolute Gasteiger partial charge is 0.481 e. The monoisotopic (exact) mass is 284 g/mol. The summed E-state index contributed by atoms with van der Waals surface area (Å²) < 4.78 is 0. The van der Waals surface area contributed by atoms with Crippen LogP contribution >= 0.6 is 0 Å². The number of para-hydroxylation sites is 1. The van der Waals surface area contributed by atoms with E-state index in [0.29, 0.717) is 16.9 Å². The molecule has 0 saturated carbocycles. The summed E-state index contributed by atoms with van der Waals surface area (Å²) in [4.78, 5) is 22.8. The Balaban J connectivity index is 2.07. The van der Waals surface area contributed by atoms with Crippen molar-refractivity contribution in [1.82, 2.24) is 0 Å². The van der Waals surface area contributed by atoms with Crippen molar-refractivity contribution < 1.29 is 14.7 Å². The molecule has 0 spiro atoms. The third-order valence-corrected chi connectivity index (χ3v) is 2.95. The maximum absolute atomic E-state index is 12.0. The quantitative estimate of drug-likeness (QED) is 0.733. The first-order valence-electron chi connectivity index (χ1n) is 6.48. The molecule has 0 heterocycles. The van der Waals surface area contributed by atoms with Crippen molar-refractivity contribution in [2.45, 2.75) is 12.8 Å². The third-order valence-electron chi connectivity index (χ3n) is 2.95. The number of nitrogens with two attached hydrogens (primary N) is 1. The van der Waals surface area contributed by atoms with Crippen molar-refractivity contribution >= 4 is 23.3 Å². The summed E-state index contributed by atoms with van der Waals surface area (Å²) in [5, 5.41) is 11.6. The first-order valence-corrected chi connectivity index (χ1v) is 6.48. The molecule has 21 heavy (non-hydrogen) atoms. The van der Waals surface area contributed by atoms with Crippen LogP contribution < -0.4 is 11.1 Å². The molecule has 0 radical (unpaired) electrons. The zero-order valence-electron chi connectivity index (χ0n) is 11.4. The van der Waals surface area contributed by atoms with Gasteiger partial charge in [0.05, 0.1) is 12.8 Å². The number of rotatable bonds is 5. The molecule has 4 N–H and O–H groups in total. The van der Waals surface area contributed by atoms with Gasteiger partial charge in [-0.05, 0) is 29.3 Å². The SMILES string of the molecule is Nc1cccc(CC(=O)Nc2ccccc2CC(=O)O)c1. The average Bonchev–Trinajstić information content (AvgIpc) is 2.40. The van der Waals surface area contributed by atoms with Gasteiger partial charge in [0.25, 0.3) is 0 Å². The molecule has 108 valence electrons. The summed E-state index contributed by atoms with van der Waals surface area (Å²) in [5.41, 5.74) is 8.18. The molecule has 0 unspecified atom stereocenters. The highest BCUT2D eigenvalue weighted by Gasteiger charge is 2.10. The minimum absolute atomic E-state index is 0.130. The molecule has 0 aliphatic carbocycles. The number of aliphatic carboxylic acids is 1. The molecule has 0 atom stereocenters. The Hall–Kier alpha value is -2.82. The number of nitrogen functional groups attached to an aromatic ring is 1. The van der Waals surface area contributed by atoms with Crippen LogP contribution in [-0.2, 0) is 22.4 Å². The van der Waals surface area contributed by atoms with E-state index in [9.17, 15) is 9.59 Å². The van der Waals surface area contributed by atoms with Crippen molar-refractivity contribution in [3.63, 3.8) is 0 Å². The fourth-order valence-corrected chi connectivity index (χ4v) is 2.04. The zero-order chi connectivity index (χ0) is 15.2. The van der Waals surface area contributed by atoms with E-state index in [1.807, 2.05) is 6.07 Å². The third kappa shape index (κ3) is 4.35. The van der Waals surface area contributed by atoms with Gasteiger partial charge in [0.15, 0.2) is 0 Å². The van der Waals surface area contributed by atoms with Gasteiger partial charge in [-0.3, -0.25) is 9.59 Å². The molecule has 1 amide bonds. The summed E-state index contributed by atoms with van der Waals surface area (Å²) in [6.07, 6.45) is 0.0567. The van der Waals surface area contributed by atoms with E-state index in [2.05, 4.69) is 5.32 Å². The van der Waals surface area contributed by atoms with E-state index >= 15 is 0 Å². The van der Waals surface area contributed by atoms with Crippen LogP contribution in [0.4, 0.5) is 11.4 Å². The molecule has 0 bridgehead atoms. The molecule has 0 aliphatic heterocycles. The Morgan fingerprint density at radius 3 is 2.52 bits per heavy atom. The smallest absolute Gasteiger partial charge is 0.307 e. The highest BCUT2D eigenvalue weighted by atomic mass is 16.4. The van der Waals surface area contributed by atoms with Gasteiger partial charge in [-0.1, -0.05) is 30.3 Å². The van der Waals surface area contributed by atoms with E-state index < -0.39 is 5.97 Å². The molecule has 2 rings (SSSR count). The van der Waals surface area contributed by atoms with Crippen LogP contribution in [0.2, 0.25) is 0 Å². The molecule has 2 aromatic carbocycles. The number of carboxylic acids is 1. The maximum atomic E-state index is 12.0. The lowest BCUT2D eigenvalue weighted by Crippen LogP contribution is -2.16. The van der Waals surface area contributed by atoms with E-state index in [1.54, 1.807) is 42.5 Å². The molecule has 0 aromatic heterocycles. The summed E-state index contributed by atoms with van der Waals surface area (Å²) in [6.45, 7) is 0. The van der Waals surface area contributed by atoms with Crippen LogP contribution in [0.15, 0.2) is 48.5 Å². The van der Waals surface area contributed by atoms with Crippen LogP contribution in [0.3, 0.4) is 0 Å². The molecule has 0 saturated heterocycles. The summed E-state index contributed by atoms with van der Waals surface area (Å²) >= 11 is 0. The second-order valence-corrected chi connectivity index (χ2v) is 4.70. The van der Waals surface area contributed by atoms with Gasteiger partial charge in [-0.25, -0.2) is 0 Å². The van der Waals surface area contributed by atoms with E-state index in [1.165, 1.54) is 0 Å². The zero-order valence-corrected chi connectivity index (χ0v) is 11.4. The Bertz CT molecular complexity index is 668. The molecule has 5 heteroatoms. The molecular weight excluding hydrogens is 268 g/mol. The van der Waals surface area contributed by atoms with Crippen molar-refractivity contribution in [2.75, 3.05) is 11.1 Å². The van der Waals surface area contributed by atoms with Crippen LogP contribution in [0, 0.1) is 0 Å². The highest BCUT2D eigenvalue weighted by molar-refractivity contribution is 5.93. The van der Waals surface area contributed by atoms with Crippen LogP contribution in [-0.4, -0.2) is 17.0 Å². The molecule has 0 aliphatic rings. The standard InChI is InChI=1S/C16H16N2O3/c17-13-6-3-4-11(8-13)9-15(19)18-14-7-2-1-5-12(14)10-16(20)21/h1-8H,9-10,17H2,(H,18,19)(H,20,21). The maximum Gasteiger partial charge on any atom is 0.307 e. The second-order valence-electron chi connectivity index (χ2n) is 4.70. The van der Waals surface area contributed by atoms with Gasteiger partial charge < -0.3 is 16.2 Å². The van der Waals surface area contributed by atoms with E-state index in [4.69, 9.17) is 10.8 Å². The fraction of sp³-hybridized carbons (Fsp3) is 0.125. The molecular formula is C16H16N2O3. The Morgan fingerprint density at radius 1 is 1.05 bits per heavy atom. The Kier molecular flexibility index (Phi) is 4.56. The fourth-order valence-electron chi connectivity index (χ4n) is 2.04. The van der Waals surface area contributed by atoms with Crippen molar-refractivity contribution in [3.05, 3.63) is 59.7 Å². The van der Waals surface area contributed by atoms with Crippen LogP contribution in [0.5, 0.6) is 0 Å². The topological polar surface area (TPSA) is 92.4 Å². The minimum Gasteiger partial charge on any atom is -0.481 e. The van der Waals surface area contributed by atoms with Crippen molar-refractivity contribution in [3.8, 4) is 0 Å². The summed E-state index contributed by atoms with van der Waals surface area (Å²) in [6, 6.07) is 14.0. The van der Waals surface area contributed by atoms with Crippen LogP contribution in [0.1, 0.15) is 11.1 Å². The number of anilines is 2. The number of carbonyl (C=O) groups is 2. The lowest BCUT2D eigenvalue weighted by molar-refractivity contribution is -0.136. The average molecular weight is 284 g/mol. The highest BCUT2D eigenvalue weighted by Crippen LogP contribution is 2.16. The van der Waals surface area contributed by atoms with Gasteiger partial charge >= 0.3 is 5.97 Å². The van der Waals surface area contributed by atoms with Crippen molar-refractivity contribution in [1.29, 1.82) is 0 Å². The lowest BCUT2D eigenvalue weighted by Gasteiger charge is -2.10. The number of carboxylic acid groups (broad SMARTS) is 1. The molecule has 2 aromatic rings. The first kappa shape index (κ1) is 14.6. The first-order chi connectivity index (χ1) is 10.0. The number of carbonyl (C=O) groups excluding carboxylic acids is 1. The van der Waals surface area contributed by atoms with Crippen molar-refractivity contribution in [2.24, 2.45) is 0 Å². The number of benzene rings is 2. The lowest BCUT2D eigenvalue weighted by atomic mass is 10.1. The van der Waals surface area contributed by atoms with Gasteiger partial charge in [-0.15, -0.1) is 0 Å². The number of amides is 1. The molecule has 0 fully saturated rings. The second kappa shape index (κ2) is 6.56. The Labute approximate surface area is 122 Å². The molecule has 5 nitrogen and oxygen atoms in total. The predicted molar refractivity (Wildman–Crippen MR) is 81.0 cm³/mol. The Morgan fingerprint density at radius 2 is 1.81 bits per heavy atom. The summed E-state index contributed by atoms with van der Waals surface area (Å²) in [5.74, 6) is -1.15.